The third-order valence-corrected chi connectivity index (χ3v) is 6.27. The van der Waals surface area contributed by atoms with Crippen LogP contribution in [0.3, 0.4) is 0 Å². The molecule has 0 rings (SSSR count). The molecule has 25 heavy (non-hydrogen) atoms. The van der Waals surface area contributed by atoms with Crippen LogP contribution in [0.4, 0.5) is 0 Å². The van der Waals surface area contributed by atoms with Gasteiger partial charge >= 0.3 is 0 Å². The molecular formula is C24H51N. The molecule has 2 unspecified atom stereocenters. The van der Waals surface area contributed by atoms with Gasteiger partial charge in [-0.15, -0.1) is 0 Å². The van der Waals surface area contributed by atoms with Crippen LogP contribution in [-0.4, -0.2) is 6.54 Å². The molecule has 0 fully saturated rings. The lowest BCUT2D eigenvalue weighted by Crippen LogP contribution is -2.20. The molecular weight excluding hydrogens is 302 g/mol. The highest BCUT2D eigenvalue weighted by molar-refractivity contribution is 4.68. The van der Waals surface area contributed by atoms with Gasteiger partial charge < -0.3 is 5.73 Å². The van der Waals surface area contributed by atoms with E-state index >= 15 is 0 Å². The number of hydrogen-bond donors (Lipinski definition) is 1. The molecule has 0 aliphatic rings. The molecule has 1 heteroatoms. The number of nitrogens with two attached hydrogens (primary N) is 1. The molecule has 0 saturated heterocycles. The highest BCUT2D eigenvalue weighted by Gasteiger charge is 2.15. The topological polar surface area (TPSA) is 26.0 Å². The van der Waals surface area contributed by atoms with E-state index < -0.39 is 0 Å². The largest absolute Gasteiger partial charge is 0.330 e. The molecule has 0 aliphatic carbocycles. The normalized spacial score (nSPS) is 14.4. The van der Waals surface area contributed by atoms with Crippen molar-refractivity contribution in [2.75, 3.05) is 6.54 Å². The van der Waals surface area contributed by atoms with Crippen molar-refractivity contribution in [2.24, 2.45) is 29.4 Å². The molecule has 2 N–H and O–H groups in total. The minimum absolute atomic E-state index is 0.727. The van der Waals surface area contributed by atoms with Gasteiger partial charge in [0, 0.05) is 0 Å². The monoisotopic (exact) mass is 353 g/mol. The van der Waals surface area contributed by atoms with Gasteiger partial charge in [0.25, 0.3) is 0 Å². The summed E-state index contributed by atoms with van der Waals surface area (Å²) in [5, 5.41) is 0. The summed E-state index contributed by atoms with van der Waals surface area (Å²) >= 11 is 0. The van der Waals surface area contributed by atoms with Crippen LogP contribution in [0.15, 0.2) is 0 Å². The summed E-state index contributed by atoms with van der Waals surface area (Å²) in [6, 6.07) is 0. The van der Waals surface area contributed by atoms with Crippen LogP contribution >= 0.6 is 0 Å². The molecule has 0 aromatic heterocycles. The Balaban J connectivity index is 3.66. The summed E-state index contributed by atoms with van der Waals surface area (Å²) in [6.45, 7) is 12.6. The molecule has 152 valence electrons. The van der Waals surface area contributed by atoms with E-state index in [9.17, 15) is 0 Å². The SMILES string of the molecule is CCCCCCCCCCCCC(CCCC(CN)C(C)C)C(C)C. The van der Waals surface area contributed by atoms with Crippen molar-refractivity contribution in [2.45, 2.75) is 125 Å². The van der Waals surface area contributed by atoms with Crippen LogP contribution < -0.4 is 5.73 Å². The molecule has 0 saturated carbocycles. The lowest BCUT2D eigenvalue weighted by molar-refractivity contribution is 0.288. The van der Waals surface area contributed by atoms with Gasteiger partial charge in [0.2, 0.25) is 0 Å². The third kappa shape index (κ3) is 14.8. The van der Waals surface area contributed by atoms with E-state index in [4.69, 9.17) is 5.73 Å². The zero-order chi connectivity index (χ0) is 18.9. The maximum absolute atomic E-state index is 5.92. The van der Waals surface area contributed by atoms with Crippen LogP contribution in [0.2, 0.25) is 0 Å². The first-order valence-corrected chi connectivity index (χ1v) is 11.7. The van der Waals surface area contributed by atoms with E-state index in [0.717, 1.165) is 30.2 Å². The van der Waals surface area contributed by atoms with Crippen molar-refractivity contribution >= 4 is 0 Å². The van der Waals surface area contributed by atoms with Gasteiger partial charge in [0.05, 0.1) is 0 Å². The Labute approximate surface area is 160 Å². The Kier molecular flexibility index (Phi) is 17.3. The highest BCUT2D eigenvalue weighted by Crippen LogP contribution is 2.27. The summed E-state index contributed by atoms with van der Waals surface area (Å²) < 4.78 is 0. The van der Waals surface area contributed by atoms with Crippen molar-refractivity contribution in [3.8, 4) is 0 Å². The fourth-order valence-corrected chi connectivity index (χ4v) is 4.07. The smallest absolute Gasteiger partial charge is 0.00464 e. The van der Waals surface area contributed by atoms with Gasteiger partial charge in [-0.25, -0.2) is 0 Å². The molecule has 0 spiro atoms. The second-order valence-corrected chi connectivity index (χ2v) is 9.15. The molecule has 0 aromatic carbocycles. The van der Waals surface area contributed by atoms with E-state index in [1.807, 2.05) is 0 Å². The van der Waals surface area contributed by atoms with Crippen molar-refractivity contribution in [1.29, 1.82) is 0 Å². The Bertz CT molecular complexity index is 259. The predicted octanol–water partition coefficient (Wildman–Crippen LogP) is 7.97. The molecule has 0 radical (unpaired) electrons. The Morgan fingerprint density at radius 2 is 0.920 bits per heavy atom. The van der Waals surface area contributed by atoms with E-state index in [2.05, 4.69) is 34.6 Å². The van der Waals surface area contributed by atoms with Crippen molar-refractivity contribution in [3.63, 3.8) is 0 Å². The average molecular weight is 354 g/mol. The second kappa shape index (κ2) is 17.4. The lowest BCUT2D eigenvalue weighted by atomic mass is 9.83. The zero-order valence-corrected chi connectivity index (χ0v) is 18.5. The summed E-state index contributed by atoms with van der Waals surface area (Å²) in [6.07, 6.45) is 20.0. The Morgan fingerprint density at radius 3 is 1.36 bits per heavy atom. The number of unbranched alkanes of at least 4 members (excludes halogenated alkanes) is 9. The molecule has 0 heterocycles. The zero-order valence-electron chi connectivity index (χ0n) is 18.5. The molecule has 1 nitrogen and oxygen atoms in total. The van der Waals surface area contributed by atoms with E-state index in [0.29, 0.717) is 0 Å². The fourth-order valence-electron chi connectivity index (χ4n) is 4.07. The second-order valence-electron chi connectivity index (χ2n) is 9.15. The molecule has 2 atom stereocenters. The first kappa shape index (κ1) is 25.0. The van der Waals surface area contributed by atoms with Crippen LogP contribution in [0.1, 0.15) is 125 Å². The van der Waals surface area contributed by atoms with Crippen LogP contribution in [0, 0.1) is 23.7 Å². The van der Waals surface area contributed by atoms with E-state index in [1.54, 1.807) is 0 Å². The molecule has 0 bridgehead atoms. The standard InChI is InChI=1S/C24H51N/c1-6-7-8-9-10-11-12-13-14-15-17-23(21(2)3)18-16-19-24(20-25)22(4)5/h21-24H,6-20,25H2,1-5H3. The Hall–Kier alpha value is -0.0400. The Morgan fingerprint density at radius 1 is 0.520 bits per heavy atom. The fraction of sp³-hybridized carbons (Fsp3) is 1.00. The van der Waals surface area contributed by atoms with Crippen molar-refractivity contribution in [3.05, 3.63) is 0 Å². The molecule has 0 aliphatic heterocycles. The molecule has 0 aromatic rings. The van der Waals surface area contributed by atoms with Gasteiger partial charge in [-0.2, -0.15) is 0 Å². The maximum Gasteiger partial charge on any atom is -0.00464 e. The predicted molar refractivity (Wildman–Crippen MR) is 116 cm³/mol. The van der Waals surface area contributed by atoms with Crippen molar-refractivity contribution in [1.82, 2.24) is 0 Å². The summed E-state index contributed by atoms with van der Waals surface area (Å²) in [4.78, 5) is 0. The van der Waals surface area contributed by atoms with Gasteiger partial charge in [0.1, 0.15) is 0 Å². The van der Waals surface area contributed by atoms with Gasteiger partial charge in [-0.3, -0.25) is 0 Å². The highest BCUT2D eigenvalue weighted by atomic mass is 14.5. The first-order valence-electron chi connectivity index (χ1n) is 11.7. The van der Waals surface area contributed by atoms with Crippen molar-refractivity contribution < 1.29 is 0 Å². The third-order valence-electron chi connectivity index (χ3n) is 6.27. The number of hydrogen-bond acceptors (Lipinski definition) is 1. The quantitative estimate of drug-likeness (QED) is 0.248. The minimum atomic E-state index is 0.727. The first-order chi connectivity index (χ1) is 12.0. The number of rotatable bonds is 18. The summed E-state index contributed by atoms with van der Waals surface area (Å²) in [5.74, 6) is 3.24. The van der Waals surface area contributed by atoms with Crippen LogP contribution in [0.25, 0.3) is 0 Å². The van der Waals surface area contributed by atoms with Crippen LogP contribution in [0.5, 0.6) is 0 Å². The minimum Gasteiger partial charge on any atom is -0.330 e. The van der Waals surface area contributed by atoms with Gasteiger partial charge in [-0.1, -0.05) is 118 Å². The van der Waals surface area contributed by atoms with Gasteiger partial charge in [0.15, 0.2) is 0 Å². The van der Waals surface area contributed by atoms with E-state index in [1.165, 1.54) is 89.9 Å². The van der Waals surface area contributed by atoms with Crippen LogP contribution in [-0.2, 0) is 0 Å². The van der Waals surface area contributed by atoms with E-state index in [-0.39, 0.29) is 0 Å². The average Bonchev–Trinajstić information content (AvgIpc) is 2.57. The molecule has 0 amide bonds. The maximum atomic E-state index is 5.92. The van der Waals surface area contributed by atoms with Gasteiger partial charge in [-0.05, 0) is 36.6 Å². The summed E-state index contributed by atoms with van der Waals surface area (Å²) in [7, 11) is 0. The summed E-state index contributed by atoms with van der Waals surface area (Å²) in [5.41, 5.74) is 5.92. The lowest BCUT2D eigenvalue weighted by Gasteiger charge is -2.23.